The Hall–Kier alpha value is -2.51. The number of aliphatic hydroxyl groups excluding tert-OH is 21. The average Bonchev–Trinajstić information content (AvgIpc) is 0.715. The lowest BCUT2D eigenvalue weighted by Crippen LogP contribution is -2.71. The first-order valence-electron chi connectivity index (χ1n) is 52.1. The fourth-order valence-electron chi connectivity index (χ4n) is 18.8. The standard InChI is InChI=1S/C92H172N5O49P3/c1-6-8-9-10-11-12-13-14-15-20-23-26-29-32-60(105)97-50(51(104)31-28-25-22-19-17-16-18-21-24-27-30-48(3)7-2)44-128-86-75(119)72(116)77(59(139-86)47-131-149(125,126)38-35-95)140-92-84(145-88-74(118)71(115)64(108)57(137-88)45-129-147(121,122)36-33-93)81(68(112)58(138-92)46-130-148(123,124)37-34-94)143-91-83(146-89-76(120)78(127-5)65(109)54(41-100)134-89)80(67(111)56(43-102)136-91)142-90-82(144-85-61(96-49(4)103)69(113)62(106)52(39-98)132-85)79(66(110)55(42-101)135-90)141-87-73(117)70(114)63(107)53(40-99)133-87/h28,31,48,50-59,61-92,98-102,104,106-120H,6-27,29-30,32-47,93-95H2,1-5H3,(H,96,103)(H,97,105)(H,121,122)(H,123,124)(H,125,126)/b31-28+/t48?,50-,51+,52+,53+,54+,55+,56+,57+,58+,59+,61+,62+,63-,64-,65-,66-,67-,68-,69+,70-,71-,72+,73+,74+,75+,76+,77+,78-,79-,80-,81-,82+,83+,84+,85+,86+,87+,88+,89+,90+,91+,92-/m0/s1. The lowest BCUT2D eigenvalue weighted by atomic mass is 9.94. The van der Waals surface area contributed by atoms with Crippen molar-refractivity contribution < 1.29 is 239 Å². The molecule has 8 aliphatic heterocycles. The lowest BCUT2D eigenvalue weighted by Gasteiger charge is -2.53. The summed E-state index contributed by atoms with van der Waals surface area (Å²) in [5.74, 6) is -0.794. The molecule has 0 aromatic rings. The fraction of sp³-hybridized carbons (Fsp3) is 0.957. The van der Waals surface area contributed by atoms with Gasteiger partial charge in [0.05, 0.1) is 90.1 Å². The fourth-order valence-corrected chi connectivity index (χ4v) is 21.3. The van der Waals surface area contributed by atoms with Gasteiger partial charge in [0.25, 0.3) is 0 Å². The van der Waals surface area contributed by atoms with Crippen molar-refractivity contribution in [3.63, 3.8) is 0 Å². The van der Waals surface area contributed by atoms with Gasteiger partial charge in [-0.25, -0.2) is 0 Å². The Labute approximate surface area is 866 Å². The maximum Gasteiger partial charge on any atom is 0.329 e. The van der Waals surface area contributed by atoms with Crippen LogP contribution in [0.2, 0.25) is 0 Å². The van der Waals surface area contributed by atoms with Crippen molar-refractivity contribution in [2.75, 3.05) is 105 Å². The minimum absolute atomic E-state index is 0.00393. The summed E-state index contributed by atoms with van der Waals surface area (Å²) in [5, 5.41) is 252. The zero-order chi connectivity index (χ0) is 110. The van der Waals surface area contributed by atoms with Gasteiger partial charge in [-0.1, -0.05) is 168 Å². The van der Waals surface area contributed by atoms with Crippen molar-refractivity contribution >= 4 is 34.6 Å². The van der Waals surface area contributed by atoms with E-state index in [9.17, 15) is 145 Å². The van der Waals surface area contributed by atoms with Crippen molar-refractivity contribution in [2.45, 2.75) is 446 Å². The van der Waals surface area contributed by atoms with E-state index in [1.54, 1.807) is 6.08 Å². The normalized spacial score (nSPS) is 38.8. The number of nitrogens with two attached hydrogens (primary N) is 3. The highest BCUT2D eigenvalue weighted by atomic mass is 31.2. The number of rotatable bonds is 68. The van der Waals surface area contributed by atoms with Crippen LogP contribution in [0.4, 0.5) is 0 Å². The molecule has 46 atom stereocenters. The molecule has 874 valence electrons. The van der Waals surface area contributed by atoms with Gasteiger partial charge < -0.3 is 244 Å². The molecule has 8 heterocycles. The Kier molecular flexibility index (Phi) is 58.3. The predicted molar refractivity (Wildman–Crippen MR) is 515 cm³/mol. The number of carbonyl (C=O) groups excluding carboxylic acids is 2. The van der Waals surface area contributed by atoms with Gasteiger partial charge in [0.15, 0.2) is 50.3 Å². The van der Waals surface area contributed by atoms with Crippen LogP contribution < -0.4 is 27.8 Å². The third-order valence-electron chi connectivity index (χ3n) is 27.9. The number of unbranched alkanes of at least 4 members (excludes halogenated alkanes) is 20. The van der Waals surface area contributed by atoms with Gasteiger partial charge in [0.1, 0.15) is 195 Å². The van der Waals surface area contributed by atoms with Crippen molar-refractivity contribution in [2.24, 2.45) is 23.1 Å². The van der Waals surface area contributed by atoms with Gasteiger partial charge in [-0.3, -0.25) is 23.3 Å². The monoisotopic (exact) mass is 2220 g/mol. The van der Waals surface area contributed by atoms with Crippen molar-refractivity contribution in [3.05, 3.63) is 12.2 Å². The summed E-state index contributed by atoms with van der Waals surface area (Å²) in [5.41, 5.74) is 17.1. The first-order valence-corrected chi connectivity index (χ1v) is 57.4. The minimum Gasteiger partial charge on any atom is -0.394 e. The number of amides is 2. The first-order chi connectivity index (χ1) is 71.0. The molecule has 0 spiro atoms. The second-order valence-corrected chi connectivity index (χ2v) is 45.4. The van der Waals surface area contributed by atoms with Crippen LogP contribution in [0.3, 0.4) is 0 Å². The van der Waals surface area contributed by atoms with Crippen molar-refractivity contribution in [3.8, 4) is 0 Å². The van der Waals surface area contributed by atoms with Crippen molar-refractivity contribution in [1.82, 2.24) is 10.6 Å². The van der Waals surface area contributed by atoms with Crippen LogP contribution >= 0.6 is 22.8 Å². The molecule has 149 heavy (non-hydrogen) atoms. The number of ether oxygens (including phenoxy) is 17. The zero-order valence-corrected chi connectivity index (χ0v) is 88.0. The van der Waals surface area contributed by atoms with E-state index in [0.29, 0.717) is 25.2 Å². The molecule has 0 aromatic heterocycles. The number of methoxy groups -OCH3 is 1. The molecule has 8 aliphatic rings. The van der Waals surface area contributed by atoms with E-state index in [4.69, 9.17) is 111 Å². The van der Waals surface area contributed by atoms with Crippen LogP contribution in [0.1, 0.15) is 188 Å². The molecule has 54 nitrogen and oxygen atoms in total. The largest absolute Gasteiger partial charge is 0.394 e. The topological polar surface area (TPSA) is 858 Å². The molecular formula is C92H172N5O49P3. The van der Waals surface area contributed by atoms with Gasteiger partial charge in [0, 0.05) is 40.1 Å². The van der Waals surface area contributed by atoms with Gasteiger partial charge in [-0.05, 0) is 25.2 Å². The maximum absolute atomic E-state index is 14.1. The molecule has 32 N–H and O–H groups in total. The zero-order valence-electron chi connectivity index (χ0n) is 85.3. The molecule has 0 aromatic carbocycles. The molecule has 4 unspecified atom stereocenters. The van der Waals surface area contributed by atoms with Gasteiger partial charge in [-0.2, -0.15) is 0 Å². The third-order valence-corrected chi connectivity index (χ3v) is 32.0. The molecule has 8 saturated heterocycles. The summed E-state index contributed by atoms with van der Waals surface area (Å²) in [4.78, 5) is 60.4. The van der Waals surface area contributed by atoms with Crippen LogP contribution in [-0.2, 0) is 117 Å². The van der Waals surface area contributed by atoms with Gasteiger partial charge >= 0.3 is 22.8 Å². The van der Waals surface area contributed by atoms with Gasteiger partial charge in [0.2, 0.25) is 11.8 Å². The summed E-state index contributed by atoms with van der Waals surface area (Å²) >= 11 is 0. The Morgan fingerprint density at radius 3 is 1.13 bits per heavy atom. The first kappa shape index (κ1) is 132. The number of hydrogen-bond acceptors (Lipinski definition) is 49. The third kappa shape index (κ3) is 39.2. The molecule has 2 amide bonds. The SMILES string of the molecule is CCCCCCCCCCCCCCCC(=O)N[C@@H](CO[C@@H]1O[C@H](COP(=O)(O)CCN)[C@@H](O[C@@H]2O[C@H](COP(=O)(O)CCN)[C@H](O)[C@H](O[C@H]3O[C@H](CO)[C@H](O)[C@H](O[C@H]4O[C@H](CO)[C@H](O)[C@H](O[C@H]5O[C@H](CO)[C@H](O)[C@H](O)[C@H]5O)[C@H]4O[C@H]4O[C@H](CO)[C@@H](O)[C@H](O)[C@H]4NC(C)=O)[C@H]3O[C@H]3O[C@H](CO)[C@H](O)[C@H](OC)[C@H]3O)[C@H]2O[C@H]2O[C@H](COP(=O)(O)CCN)[C@H](O)[C@H](O)[C@H]2O)[C@H](O)[C@H]1O)[C@H](O)/C=C/CCCCCCCCCCC(C)CC. The molecule has 8 fully saturated rings. The molecule has 0 saturated carbocycles. The van der Waals surface area contributed by atoms with E-state index in [1.165, 1.54) is 51.0 Å². The second kappa shape index (κ2) is 66.0. The maximum atomic E-state index is 14.1. The Balaban J connectivity index is 1.26. The van der Waals surface area contributed by atoms with E-state index in [0.717, 1.165) is 104 Å². The van der Waals surface area contributed by atoms with E-state index in [2.05, 4.69) is 31.4 Å². The van der Waals surface area contributed by atoms with Crippen LogP contribution in [0.15, 0.2) is 12.2 Å². The quantitative estimate of drug-likeness (QED) is 0.0153. The highest BCUT2D eigenvalue weighted by molar-refractivity contribution is 7.53. The van der Waals surface area contributed by atoms with Crippen molar-refractivity contribution in [1.29, 1.82) is 0 Å². The highest BCUT2D eigenvalue weighted by Crippen LogP contribution is 2.48. The van der Waals surface area contributed by atoms with E-state index < -0.39 is 390 Å². The number of nitrogens with one attached hydrogen (secondary N) is 2. The Bertz CT molecular complexity index is 3910. The predicted octanol–water partition coefficient (Wildman–Crippen LogP) is -6.29. The highest BCUT2D eigenvalue weighted by Gasteiger charge is 2.63. The van der Waals surface area contributed by atoms with Crippen LogP contribution in [0, 0.1) is 5.92 Å². The minimum atomic E-state index is -4.99. The lowest BCUT2D eigenvalue weighted by molar-refractivity contribution is -0.426. The Morgan fingerprint density at radius 2 is 0.698 bits per heavy atom. The Morgan fingerprint density at radius 1 is 0.369 bits per heavy atom. The van der Waals surface area contributed by atoms with E-state index in [1.807, 2.05) is 0 Å². The smallest absolute Gasteiger partial charge is 0.329 e. The number of allylic oxidation sites excluding steroid dienone is 1. The summed E-state index contributed by atoms with van der Waals surface area (Å²) in [7, 11) is -13.6. The summed E-state index contributed by atoms with van der Waals surface area (Å²) in [6.45, 7) is -4.53. The summed E-state index contributed by atoms with van der Waals surface area (Å²) < 4.78 is 164. The van der Waals surface area contributed by atoms with Crippen LogP contribution in [0.25, 0.3) is 0 Å². The molecule has 0 bridgehead atoms. The van der Waals surface area contributed by atoms with E-state index >= 15 is 0 Å². The number of hydrogen-bond donors (Lipinski definition) is 29. The molecule has 0 radical (unpaired) electrons. The number of aliphatic hydroxyl groups is 21. The average molecular weight is 2230 g/mol. The molecule has 8 rings (SSSR count). The summed E-state index contributed by atoms with van der Waals surface area (Å²) in [6.07, 6.45) is -67.7. The molecular weight excluding hydrogens is 2050 g/mol. The van der Waals surface area contributed by atoms with E-state index in [-0.39, 0.29) is 6.42 Å². The molecule has 0 aliphatic carbocycles. The van der Waals surface area contributed by atoms with Crippen LogP contribution in [0.5, 0.6) is 0 Å². The van der Waals surface area contributed by atoms with Crippen LogP contribution in [-0.4, -0.2) is 496 Å². The molecule has 57 heteroatoms. The second-order valence-electron chi connectivity index (χ2n) is 39.4. The number of carbonyl (C=O) groups is 2. The van der Waals surface area contributed by atoms with Gasteiger partial charge in [-0.15, -0.1) is 0 Å². The summed E-state index contributed by atoms with van der Waals surface area (Å²) in [6, 6.07) is -3.33.